The number of carbonyl (C=O) groups excluding carboxylic acids is 3. The quantitative estimate of drug-likeness (QED) is 0.502. The second-order valence-electron chi connectivity index (χ2n) is 11.2. The van der Waals surface area contributed by atoms with Crippen LogP contribution in [0.1, 0.15) is 75.6 Å². The standard InChI is InChI=1S/C28H35F3N2O6/c1-26(2)14-18-22(19(34)15-26)27(28(29,30)31,25(36)33(18)17-10-8-6-7-9-11-17)32-24(35)16-12-20(37-3)23(39-5)21(13-16)38-4/h12-13,17H,6-11,14-15H2,1-5H3,(H,32,35)/t27-/m1/s1. The Balaban J connectivity index is 1.87. The average molecular weight is 553 g/mol. The summed E-state index contributed by atoms with van der Waals surface area (Å²) in [4.78, 5) is 42.2. The number of nitrogens with zero attached hydrogens (tertiary/aromatic N) is 1. The van der Waals surface area contributed by atoms with E-state index >= 15 is 13.2 Å². The Morgan fingerprint density at radius 2 is 1.51 bits per heavy atom. The number of halogens is 3. The molecular weight excluding hydrogens is 517 g/mol. The van der Waals surface area contributed by atoms with Crippen molar-refractivity contribution >= 4 is 17.6 Å². The SMILES string of the molecule is COc1cc(C(=O)N[C@@]2(C(F)(F)F)C(=O)N(C3CCCCCC3)C3=C2C(=O)CC(C)(C)C3)cc(OC)c1OC. The lowest BCUT2D eigenvalue weighted by atomic mass is 9.72. The molecule has 4 rings (SSSR count). The summed E-state index contributed by atoms with van der Waals surface area (Å²) in [6.45, 7) is 3.60. The summed E-state index contributed by atoms with van der Waals surface area (Å²) in [5.41, 5.74) is -4.97. The third-order valence-electron chi connectivity index (χ3n) is 7.90. The minimum atomic E-state index is -5.28. The number of ketones is 1. The van der Waals surface area contributed by atoms with Gasteiger partial charge in [-0.15, -0.1) is 0 Å². The lowest BCUT2D eigenvalue weighted by molar-refractivity contribution is -0.191. The first kappa shape index (κ1) is 28.8. The van der Waals surface area contributed by atoms with E-state index in [1.807, 2.05) is 5.32 Å². The van der Waals surface area contributed by atoms with Crippen molar-refractivity contribution < 1.29 is 41.8 Å². The summed E-state index contributed by atoms with van der Waals surface area (Å²) in [6, 6.07) is 1.92. The van der Waals surface area contributed by atoms with Gasteiger partial charge in [-0.2, -0.15) is 13.2 Å². The summed E-state index contributed by atoms with van der Waals surface area (Å²) < 4.78 is 61.3. The molecule has 2 aliphatic carbocycles. The van der Waals surface area contributed by atoms with Crippen molar-refractivity contribution in [3.05, 3.63) is 29.0 Å². The maximum atomic E-state index is 15.2. The molecule has 214 valence electrons. The minimum absolute atomic E-state index is 0.0521. The summed E-state index contributed by atoms with van der Waals surface area (Å²) in [7, 11) is 3.96. The molecule has 0 aromatic heterocycles. The molecule has 3 aliphatic rings. The molecule has 39 heavy (non-hydrogen) atoms. The number of methoxy groups -OCH3 is 3. The Hall–Kier alpha value is -3.24. The van der Waals surface area contributed by atoms with Crippen molar-refractivity contribution in [2.45, 2.75) is 83.0 Å². The van der Waals surface area contributed by atoms with E-state index in [1.165, 1.54) is 38.4 Å². The smallest absolute Gasteiger partial charge is 0.425 e. The fraction of sp³-hybridized carbons (Fsp3) is 0.607. The van der Waals surface area contributed by atoms with E-state index in [4.69, 9.17) is 14.2 Å². The van der Waals surface area contributed by atoms with Gasteiger partial charge in [0.2, 0.25) is 11.3 Å². The minimum Gasteiger partial charge on any atom is -0.493 e. The first-order chi connectivity index (χ1) is 18.3. The molecule has 0 bridgehead atoms. The molecule has 1 aliphatic heterocycles. The van der Waals surface area contributed by atoms with E-state index < -0.39 is 46.3 Å². The van der Waals surface area contributed by atoms with Crippen LogP contribution < -0.4 is 19.5 Å². The molecule has 1 saturated carbocycles. The number of hydrogen-bond acceptors (Lipinski definition) is 6. The number of nitrogens with one attached hydrogen (secondary N) is 1. The highest BCUT2D eigenvalue weighted by molar-refractivity contribution is 6.14. The van der Waals surface area contributed by atoms with Gasteiger partial charge in [0, 0.05) is 23.7 Å². The Labute approximate surface area is 225 Å². The molecule has 1 atom stereocenters. The van der Waals surface area contributed by atoms with Crippen molar-refractivity contribution in [1.29, 1.82) is 0 Å². The summed E-state index contributed by atoms with van der Waals surface area (Å²) in [6.07, 6.45) is -0.871. The van der Waals surface area contributed by atoms with Crippen LogP contribution >= 0.6 is 0 Å². The van der Waals surface area contributed by atoms with Crippen molar-refractivity contribution in [1.82, 2.24) is 10.2 Å². The fourth-order valence-electron chi connectivity index (χ4n) is 6.14. The van der Waals surface area contributed by atoms with Crippen LogP contribution in [0.3, 0.4) is 0 Å². The number of benzene rings is 1. The third-order valence-corrected chi connectivity index (χ3v) is 7.90. The van der Waals surface area contributed by atoms with Crippen LogP contribution in [0.15, 0.2) is 23.4 Å². The molecule has 0 unspecified atom stereocenters. The Morgan fingerprint density at radius 3 is 2.00 bits per heavy atom. The number of amides is 2. The summed E-state index contributed by atoms with van der Waals surface area (Å²) >= 11 is 0. The van der Waals surface area contributed by atoms with Gasteiger partial charge in [0.05, 0.1) is 26.9 Å². The topological polar surface area (TPSA) is 94.2 Å². The number of hydrogen-bond donors (Lipinski definition) is 1. The van der Waals surface area contributed by atoms with Crippen molar-refractivity contribution in [3.8, 4) is 17.2 Å². The second-order valence-corrected chi connectivity index (χ2v) is 11.2. The molecule has 1 aromatic rings. The van der Waals surface area contributed by atoms with E-state index in [9.17, 15) is 14.4 Å². The van der Waals surface area contributed by atoms with E-state index in [1.54, 1.807) is 13.8 Å². The molecular formula is C28H35F3N2O6. The second kappa shape index (κ2) is 10.4. The van der Waals surface area contributed by atoms with Gasteiger partial charge < -0.3 is 24.4 Å². The van der Waals surface area contributed by atoms with Gasteiger partial charge in [-0.1, -0.05) is 39.5 Å². The first-order valence-electron chi connectivity index (χ1n) is 13.1. The average Bonchev–Trinajstić information content (AvgIpc) is 3.01. The molecule has 2 amide bonds. The highest BCUT2D eigenvalue weighted by atomic mass is 19.4. The Kier molecular flexibility index (Phi) is 7.66. The lowest BCUT2D eigenvalue weighted by Gasteiger charge is -2.36. The zero-order valence-corrected chi connectivity index (χ0v) is 22.9. The van der Waals surface area contributed by atoms with E-state index in [0.29, 0.717) is 12.8 Å². The van der Waals surface area contributed by atoms with Gasteiger partial charge in [0.15, 0.2) is 17.3 Å². The fourth-order valence-corrected chi connectivity index (χ4v) is 6.14. The van der Waals surface area contributed by atoms with Gasteiger partial charge in [-0.05, 0) is 36.8 Å². The van der Waals surface area contributed by atoms with Gasteiger partial charge in [0.25, 0.3) is 11.8 Å². The van der Waals surface area contributed by atoms with Crippen molar-refractivity contribution in [3.63, 3.8) is 0 Å². The van der Waals surface area contributed by atoms with Gasteiger partial charge >= 0.3 is 6.18 Å². The summed E-state index contributed by atoms with van der Waals surface area (Å²) in [5, 5.41) is 1.99. The summed E-state index contributed by atoms with van der Waals surface area (Å²) in [5.74, 6) is -3.06. The Morgan fingerprint density at radius 1 is 0.949 bits per heavy atom. The van der Waals surface area contributed by atoms with Crippen LogP contribution in [0, 0.1) is 5.41 Å². The number of allylic oxidation sites excluding steroid dienone is 1. The van der Waals surface area contributed by atoms with Crippen LogP contribution in [-0.4, -0.2) is 61.6 Å². The lowest BCUT2D eigenvalue weighted by Crippen LogP contribution is -2.66. The van der Waals surface area contributed by atoms with Crippen LogP contribution in [-0.2, 0) is 9.59 Å². The molecule has 0 spiro atoms. The number of alkyl halides is 3. The molecule has 1 fully saturated rings. The molecule has 0 radical (unpaired) electrons. The Bertz CT molecular complexity index is 1180. The zero-order valence-electron chi connectivity index (χ0n) is 22.9. The van der Waals surface area contributed by atoms with Crippen LogP contribution in [0.4, 0.5) is 13.2 Å². The predicted molar refractivity (Wildman–Crippen MR) is 136 cm³/mol. The van der Waals surface area contributed by atoms with Crippen LogP contribution in [0.2, 0.25) is 0 Å². The van der Waals surface area contributed by atoms with Gasteiger partial charge in [-0.25, -0.2) is 0 Å². The highest BCUT2D eigenvalue weighted by Gasteiger charge is 2.72. The van der Waals surface area contributed by atoms with Crippen LogP contribution in [0.5, 0.6) is 17.2 Å². The van der Waals surface area contributed by atoms with Crippen molar-refractivity contribution in [2.24, 2.45) is 5.41 Å². The molecule has 1 N–H and O–H groups in total. The van der Waals surface area contributed by atoms with Crippen LogP contribution in [0.25, 0.3) is 0 Å². The van der Waals surface area contributed by atoms with Gasteiger partial charge in [0.1, 0.15) is 0 Å². The molecule has 0 saturated heterocycles. The molecule has 8 nitrogen and oxygen atoms in total. The predicted octanol–water partition coefficient (Wildman–Crippen LogP) is 4.95. The monoisotopic (exact) mass is 552 g/mol. The third kappa shape index (κ3) is 4.84. The highest BCUT2D eigenvalue weighted by Crippen LogP contribution is 2.53. The largest absolute Gasteiger partial charge is 0.493 e. The number of carbonyl (C=O) groups is 3. The van der Waals surface area contributed by atoms with E-state index in [2.05, 4.69) is 0 Å². The molecule has 1 aromatic carbocycles. The number of Topliss-reactive ketones (excluding diaryl/α,β-unsaturated/α-hetero) is 1. The van der Waals surface area contributed by atoms with E-state index in [-0.39, 0.29) is 41.4 Å². The first-order valence-corrected chi connectivity index (χ1v) is 13.1. The number of ether oxygens (including phenoxy) is 3. The normalized spacial score (nSPS) is 23.8. The maximum absolute atomic E-state index is 15.2. The maximum Gasteiger partial charge on any atom is 0.425 e. The van der Waals surface area contributed by atoms with E-state index in [0.717, 1.165) is 25.7 Å². The zero-order chi connectivity index (χ0) is 28.8. The van der Waals surface area contributed by atoms with Crippen molar-refractivity contribution in [2.75, 3.05) is 21.3 Å². The van der Waals surface area contributed by atoms with Gasteiger partial charge in [-0.3, -0.25) is 14.4 Å². The molecule has 11 heteroatoms. The number of rotatable bonds is 6. The molecule has 1 heterocycles.